The monoisotopic (exact) mass is 491 g/mol. The van der Waals surface area contributed by atoms with Crippen LogP contribution in [0.3, 0.4) is 0 Å². The summed E-state index contributed by atoms with van der Waals surface area (Å²) in [5.41, 5.74) is 0.973. The first-order valence-corrected chi connectivity index (χ1v) is 12.5. The summed E-state index contributed by atoms with van der Waals surface area (Å²) < 4.78 is 5.64. The van der Waals surface area contributed by atoms with Crippen LogP contribution in [-0.4, -0.2) is 63.3 Å². The molecule has 2 aromatic heterocycles. The normalized spacial score (nSPS) is 22.7. The van der Waals surface area contributed by atoms with Gasteiger partial charge in [0, 0.05) is 48.9 Å². The topological polar surface area (TPSA) is 118 Å². The van der Waals surface area contributed by atoms with Crippen molar-refractivity contribution in [3.63, 3.8) is 0 Å². The molecule has 1 spiro atoms. The molecule has 36 heavy (non-hydrogen) atoms. The number of carbonyl (C=O) groups is 1. The Kier molecular flexibility index (Phi) is 5.69. The lowest BCUT2D eigenvalue weighted by Gasteiger charge is -2.46. The number of piperazine rings is 1. The van der Waals surface area contributed by atoms with Crippen LogP contribution in [0.5, 0.6) is 0 Å². The van der Waals surface area contributed by atoms with Crippen LogP contribution in [0.2, 0.25) is 0 Å². The van der Waals surface area contributed by atoms with Crippen LogP contribution in [0.4, 0.5) is 22.1 Å². The fourth-order valence-corrected chi connectivity index (χ4v) is 5.67. The lowest BCUT2D eigenvalue weighted by atomic mass is 9.66. The third-order valence-corrected chi connectivity index (χ3v) is 7.55. The Morgan fingerprint density at radius 2 is 1.92 bits per heavy atom. The van der Waals surface area contributed by atoms with Crippen molar-refractivity contribution in [2.45, 2.75) is 77.0 Å². The first kappa shape index (κ1) is 24.1. The van der Waals surface area contributed by atoms with E-state index in [0.29, 0.717) is 30.9 Å². The van der Waals surface area contributed by atoms with Gasteiger partial charge < -0.3 is 24.4 Å². The van der Waals surface area contributed by atoms with Crippen LogP contribution < -0.4 is 15.4 Å². The van der Waals surface area contributed by atoms with Crippen LogP contribution in [0.1, 0.15) is 65.0 Å². The van der Waals surface area contributed by atoms with Crippen molar-refractivity contribution in [1.29, 1.82) is 5.26 Å². The molecular weight excluding hydrogens is 458 g/mol. The van der Waals surface area contributed by atoms with Gasteiger partial charge in [0.2, 0.25) is 0 Å². The smallest absolute Gasteiger partial charge is 0.410 e. The van der Waals surface area contributed by atoms with Gasteiger partial charge in [0.1, 0.15) is 35.3 Å². The van der Waals surface area contributed by atoms with E-state index >= 15 is 0 Å². The fraction of sp³-hybridized carbons (Fsp3) is 0.577. The number of H-pyrrole nitrogens is 1. The van der Waals surface area contributed by atoms with Gasteiger partial charge in [0.25, 0.3) is 5.56 Å². The number of ether oxygens (including phenoxy) is 1. The summed E-state index contributed by atoms with van der Waals surface area (Å²) in [6.07, 6.45) is 5.78. The standard InChI is InChI=1S/C26H33N7O3/c1-16-13-32(24(35)36-25(3,4)5)17(2)12-31(16)21-20-22(30-15-29-21)33(14-26(20)7-6-8-26)19-9-18(10-27)11-28-23(19)34/h9,11,15-17H,6-8,12-14H2,1-5H3,(H,28,34)/t16-,17+/m0/s1. The summed E-state index contributed by atoms with van der Waals surface area (Å²) in [6.45, 7) is 11.5. The van der Waals surface area contributed by atoms with Crippen molar-refractivity contribution in [2.75, 3.05) is 29.4 Å². The molecule has 1 saturated heterocycles. The Bertz CT molecular complexity index is 1290. The van der Waals surface area contributed by atoms with Gasteiger partial charge in [0.15, 0.2) is 0 Å². The second-order valence-corrected chi connectivity index (χ2v) is 11.3. The minimum atomic E-state index is -0.550. The highest BCUT2D eigenvalue weighted by atomic mass is 16.6. The summed E-state index contributed by atoms with van der Waals surface area (Å²) in [5, 5.41) is 9.38. The van der Waals surface area contributed by atoms with E-state index in [4.69, 9.17) is 9.72 Å². The highest BCUT2D eigenvalue weighted by molar-refractivity contribution is 5.76. The third-order valence-electron chi connectivity index (χ3n) is 7.55. The number of anilines is 3. The van der Waals surface area contributed by atoms with E-state index in [9.17, 15) is 14.9 Å². The average molecular weight is 492 g/mol. The Morgan fingerprint density at radius 1 is 1.19 bits per heavy atom. The summed E-state index contributed by atoms with van der Waals surface area (Å²) in [4.78, 5) is 43.7. The number of carbonyl (C=O) groups excluding carboxylic acids is 1. The number of nitrogens with one attached hydrogen (secondary N) is 1. The number of nitriles is 1. The first-order chi connectivity index (χ1) is 17.0. The average Bonchev–Trinajstić information content (AvgIpc) is 3.16. The van der Waals surface area contributed by atoms with Crippen LogP contribution >= 0.6 is 0 Å². The Morgan fingerprint density at radius 3 is 2.56 bits per heavy atom. The zero-order chi connectivity index (χ0) is 25.8. The van der Waals surface area contributed by atoms with Gasteiger partial charge >= 0.3 is 6.09 Å². The summed E-state index contributed by atoms with van der Waals surface area (Å²) >= 11 is 0. The molecule has 1 N–H and O–H groups in total. The zero-order valence-corrected chi connectivity index (χ0v) is 21.5. The number of fused-ring (bicyclic) bond motifs is 2. The number of hydrogen-bond donors (Lipinski definition) is 1. The van der Waals surface area contributed by atoms with Crippen molar-refractivity contribution in [3.8, 4) is 6.07 Å². The van der Waals surface area contributed by atoms with Gasteiger partial charge in [-0.05, 0) is 53.5 Å². The predicted molar refractivity (Wildman–Crippen MR) is 136 cm³/mol. The largest absolute Gasteiger partial charge is 0.444 e. The highest BCUT2D eigenvalue weighted by Gasteiger charge is 2.52. The van der Waals surface area contributed by atoms with Gasteiger partial charge in [0.05, 0.1) is 5.56 Å². The summed E-state index contributed by atoms with van der Waals surface area (Å²) in [6, 6.07) is 3.70. The zero-order valence-electron chi connectivity index (χ0n) is 21.5. The molecule has 2 aliphatic heterocycles. The minimum Gasteiger partial charge on any atom is -0.444 e. The molecule has 1 aliphatic carbocycles. The van der Waals surface area contributed by atoms with Gasteiger partial charge in [-0.15, -0.1) is 0 Å². The van der Waals surface area contributed by atoms with Crippen LogP contribution in [-0.2, 0) is 10.2 Å². The molecule has 0 radical (unpaired) electrons. The number of aromatic amines is 1. The van der Waals surface area contributed by atoms with Crippen LogP contribution in [0.15, 0.2) is 23.4 Å². The Balaban J connectivity index is 1.51. The molecule has 1 saturated carbocycles. The molecule has 2 atom stereocenters. The molecule has 10 heteroatoms. The van der Waals surface area contributed by atoms with E-state index in [-0.39, 0.29) is 29.2 Å². The quantitative estimate of drug-likeness (QED) is 0.679. The fourth-order valence-electron chi connectivity index (χ4n) is 5.67. The first-order valence-electron chi connectivity index (χ1n) is 12.5. The van der Waals surface area contributed by atoms with Crippen molar-refractivity contribution in [3.05, 3.63) is 40.1 Å². The molecule has 2 fully saturated rings. The molecule has 0 bridgehead atoms. The van der Waals surface area contributed by atoms with Crippen LogP contribution in [0.25, 0.3) is 0 Å². The van der Waals surface area contributed by atoms with Gasteiger partial charge in [-0.1, -0.05) is 6.42 Å². The van der Waals surface area contributed by atoms with E-state index in [2.05, 4.69) is 27.9 Å². The number of amides is 1. The molecule has 0 unspecified atom stereocenters. The van der Waals surface area contributed by atoms with E-state index in [1.54, 1.807) is 17.3 Å². The maximum Gasteiger partial charge on any atom is 0.410 e. The summed E-state index contributed by atoms with van der Waals surface area (Å²) in [7, 11) is 0. The van der Waals surface area contributed by atoms with Gasteiger partial charge in [-0.2, -0.15) is 5.26 Å². The maximum atomic E-state index is 12.8. The molecular formula is C26H33N7O3. The number of pyridine rings is 1. The second-order valence-electron chi connectivity index (χ2n) is 11.3. The van der Waals surface area contributed by atoms with Crippen molar-refractivity contribution in [1.82, 2.24) is 19.9 Å². The van der Waals surface area contributed by atoms with E-state index in [1.807, 2.05) is 32.6 Å². The van der Waals surface area contributed by atoms with Gasteiger partial charge in [-0.25, -0.2) is 14.8 Å². The molecule has 10 nitrogen and oxygen atoms in total. The SMILES string of the molecule is C[C@@H]1CN(c2ncnc3c2C2(CCC2)CN3c2cc(C#N)c[nH]c2=O)[C@@H](C)CN1C(=O)OC(C)(C)C. The van der Waals surface area contributed by atoms with E-state index in [1.165, 1.54) is 6.20 Å². The lowest BCUT2D eigenvalue weighted by molar-refractivity contribution is 0.0129. The number of nitrogens with zero attached hydrogens (tertiary/aromatic N) is 6. The van der Waals surface area contributed by atoms with Gasteiger partial charge in [-0.3, -0.25) is 4.79 Å². The van der Waals surface area contributed by atoms with Crippen molar-refractivity contribution in [2.24, 2.45) is 0 Å². The molecule has 190 valence electrons. The van der Waals surface area contributed by atoms with E-state index in [0.717, 1.165) is 36.5 Å². The third kappa shape index (κ3) is 3.96. The van der Waals surface area contributed by atoms with E-state index < -0.39 is 5.60 Å². The summed E-state index contributed by atoms with van der Waals surface area (Å²) in [5.74, 6) is 1.60. The number of hydrogen-bond acceptors (Lipinski definition) is 8. The van der Waals surface area contributed by atoms with Crippen molar-refractivity contribution >= 4 is 23.4 Å². The number of rotatable bonds is 2. The molecule has 2 aromatic rings. The molecule has 4 heterocycles. The second kappa shape index (κ2) is 8.50. The number of aromatic nitrogens is 3. The lowest BCUT2D eigenvalue weighted by Crippen LogP contribution is -2.59. The minimum absolute atomic E-state index is 0.0178. The highest BCUT2D eigenvalue weighted by Crippen LogP contribution is 2.56. The predicted octanol–water partition coefficient (Wildman–Crippen LogP) is 3.44. The molecule has 1 amide bonds. The van der Waals surface area contributed by atoms with Crippen molar-refractivity contribution < 1.29 is 9.53 Å². The molecule has 3 aliphatic rings. The Labute approximate surface area is 210 Å². The molecule has 5 rings (SSSR count). The van der Waals surface area contributed by atoms with Crippen LogP contribution in [0, 0.1) is 11.3 Å². The molecule has 0 aromatic carbocycles. The Hall–Kier alpha value is -3.61. The maximum absolute atomic E-state index is 12.8.